The molecule has 0 spiro atoms. The molecule has 2 aliphatic rings. The summed E-state index contributed by atoms with van der Waals surface area (Å²) >= 11 is 0. The Morgan fingerprint density at radius 1 is 1.33 bits per heavy atom. The first-order valence-corrected chi connectivity index (χ1v) is 6.90. The van der Waals surface area contributed by atoms with Crippen molar-refractivity contribution in [2.45, 2.75) is 44.8 Å². The van der Waals surface area contributed by atoms with Crippen LogP contribution in [0.2, 0.25) is 0 Å². The molecule has 1 N–H and O–H groups in total. The van der Waals surface area contributed by atoms with Crippen LogP contribution >= 0.6 is 0 Å². The molecule has 2 fully saturated rings. The molecule has 0 aliphatic heterocycles. The third-order valence-electron chi connectivity index (χ3n) is 3.89. The first-order valence-electron chi connectivity index (χ1n) is 6.90. The maximum absolute atomic E-state index is 14.2. The molecule has 1 unspecified atom stereocenters. The number of rotatable bonds is 5. The number of halogens is 1. The van der Waals surface area contributed by atoms with Crippen LogP contribution in [0.25, 0.3) is 0 Å². The lowest BCUT2D eigenvalue weighted by Crippen LogP contribution is -2.30. The quantitative estimate of drug-likeness (QED) is 0.865. The van der Waals surface area contributed by atoms with Gasteiger partial charge in [0, 0.05) is 18.2 Å². The second-order valence-corrected chi connectivity index (χ2v) is 5.68. The van der Waals surface area contributed by atoms with Crippen molar-refractivity contribution < 1.29 is 9.50 Å². The molecule has 0 heterocycles. The van der Waals surface area contributed by atoms with Crippen molar-refractivity contribution >= 4 is 5.69 Å². The zero-order valence-electron chi connectivity index (χ0n) is 10.8. The van der Waals surface area contributed by atoms with Crippen molar-refractivity contribution in [3.05, 3.63) is 29.6 Å². The lowest BCUT2D eigenvalue weighted by atomic mass is 10.1. The molecule has 2 saturated carbocycles. The first-order chi connectivity index (χ1) is 8.66. The monoisotopic (exact) mass is 249 g/mol. The summed E-state index contributed by atoms with van der Waals surface area (Å²) < 4.78 is 14.2. The second-order valence-electron chi connectivity index (χ2n) is 5.68. The number of aliphatic hydroxyl groups is 1. The highest BCUT2D eigenvalue weighted by Crippen LogP contribution is 2.41. The molecule has 98 valence electrons. The number of hydrogen-bond acceptors (Lipinski definition) is 2. The minimum Gasteiger partial charge on any atom is -0.389 e. The van der Waals surface area contributed by atoms with Gasteiger partial charge in [0.25, 0.3) is 0 Å². The van der Waals surface area contributed by atoms with Crippen LogP contribution in [0.4, 0.5) is 10.1 Å². The molecule has 1 aromatic carbocycles. The maximum Gasteiger partial charge on any atom is 0.146 e. The average molecular weight is 249 g/mol. The average Bonchev–Trinajstić information content (AvgIpc) is 3.19. The summed E-state index contributed by atoms with van der Waals surface area (Å²) in [5.41, 5.74) is 1.37. The SMILES string of the molecule is CC(O)c1cccc(F)c1N(CC1CC1)C1CC1. The third-order valence-corrected chi connectivity index (χ3v) is 3.89. The van der Waals surface area contributed by atoms with Crippen molar-refractivity contribution in [1.29, 1.82) is 0 Å². The van der Waals surface area contributed by atoms with Crippen LogP contribution in [0.5, 0.6) is 0 Å². The number of para-hydroxylation sites is 1. The van der Waals surface area contributed by atoms with E-state index in [1.165, 1.54) is 18.9 Å². The van der Waals surface area contributed by atoms with Gasteiger partial charge in [-0.2, -0.15) is 0 Å². The van der Waals surface area contributed by atoms with Gasteiger partial charge in [-0.05, 0) is 44.6 Å². The Hall–Kier alpha value is -1.09. The largest absolute Gasteiger partial charge is 0.389 e. The van der Waals surface area contributed by atoms with E-state index in [1.807, 2.05) is 6.07 Å². The summed E-state index contributed by atoms with van der Waals surface area (Å²) in [6, 6.07) is 5.51. The highest BCUT2D eigenvalue weighted by molar-refractivity contribution is 5.57. The Balaban J connectivity index is 1.95. The summed E-state index contributed by atoms with van der Waals surface area (Å²) in [5.74, 6) is 0.535. The zero-order valence-corrected chi connectivity index (χ0v) is 10.8. The molecule has 0 bridgehead atoms. The standard InChI is InChI=1S/C15H20FNO/c1-10(18)13-3-2-4-14(16)15(13)17(12-7-8-12)9-11-5-6-11/h2-4,10-12,18H,5-9H2,1H3. The molecule has 18 heavy (non-hydrogen) atoms. The van der Waals surface area contributed by atoms with E-state index >= 15 is 0 Å². The summed E-state index contributed by atoms with van der Waals surface area (Å²) in [4.78, 5) is 2.20. The minimum absolute atomic E-state index is 0.194. The summed E-state index contributed by atoms with van der Waals surface area (Å²) in [6.45, 7) is 2.66. The van der Waals surface area contributed by atoms with E-state index in [-0.39, 0.29) is 5.82 Å². The lowest BCUT2D eigenvalue weighted by molar-refractivity contribution is 0.199. The van der Waals surface area contributed by atoms with Crippen LogP contribution in [0.3, 0.4) is 0 Å². The Bertz CT molecular complexity index is 438. The number of nitrogens with zero attached hydrogens (tertiary/aromatic N) is 1. The van der Waals surface area contributed by atoms with Crippen LogP contribution < -0.4 is 4.90 Å². The van der Waals surface area contributed by atoms with Crippen LogP contribution in [0.1, 0.15) is 44.3 Å². The molecule has 1 atom stereocenters. The fraction of sp³-hybridized carbons (Fsp3) is 0.600. The Labute approximate surface area is 107 Å². The second kappa shape index (κ2) is 4.54. The van der Waals surface area contributed by atoms with Crippen molar-refractivity contribution in [3.63, 3.8) is 0 Å². The molecule has 0 saturated heterocycles. The maximum atomic E-state index is 14.2. The van der Waals surface area contributed by atoms with Gasteiger partial charge < -0.3 is 10.0 Å². The number of aliphatic hydroxyl groups excluding tert-OH is 1. The zero-order chi connectivity index (χ0) is 12.7. The van der Waals surface area contributed by atoms with E-state index in [1.54, 1.807) is 13.0 Å². The summed E-state index contributed by atoms with van der Waals surface area (Å²) in [7, 11) is 0. The van der Waals surface area contributed by atoms with Gasteiger partial charge in [0.15, 0.2) is 0 Å². The van der Waals surface area contributed by atoms with Crippen LogP contribution in [0, 0.1) is 11.7 Å². The lowest BCUT2D eigenvalue weighted by Gasteiger charge is -2.28. The van der Waals surface area contributed by atoms with Gasteiger partial charge in [-0.1, -0.05) is 12.1 Å². The molecule has 2 nitrogen and oxygen atoms in total. The van der Waals surface area contributed by atoms with E-state index in [0.29, 0.717) is 11.7 Å². The van der Waals surface area contributed by atoms with Crippen LogP contribution in [0.15, 0.2) is 18.2 Å². The van der Waals surface area contributed by atoms with E-state index < -0.39 is 6.10 Å². The molecule has 3 heteroatoms. The van der Waals surface area contributed by atoms with E-state index in [2.05, 4.69) is 4.90 Å². The molecule has 1 aromatic rings. The van der Waals surface area contributed by atoms with Gasteiger partial charge in [0.05, 0.1) is 11.8 Å². The molecular weight excluding hydrogens is 229 g/mol. The van der Waals surface area contributed by atoms with E-state index in [9.17, 15) is 9.50 Å². The van der Waals surface area contributed by atoms with Gasteiger partial charge >= 0.3 is 0 Å². The highest BCUT2D eigenvalue weighted by atomic mass is 19.1. The van der Waals surface area contributed by atoms with E-state index in [0.717, 1.165) is 30.9 Å². The third kappa shape index (κ3) is 2.37. The number of hydrogen-bond donors (Lipinski definition) is 1. The minimum atomic E-state index is -0.615. The fourth-order valence-corrected chi connectivity index (χ4v) is 2.56. The first kappa shape index (κ1) is 12.0. The highest BCUT2D eigenvalue weighted by Gasteiger charge is 2.36. The van der Waals surface area contributed by atoms with Crippen molar-refractivity contribution in [2.75, 3.05) is 11.4 Å². The Morgan fingerprint density at radius 3 is 2.61 bits per heavy atom. The van der Waals surface area contributed by atoms with Crippen LogP contribution in [-0.4, -0.2) is 17.7 Å². The van der Waals surface area contributed by atoms with Gasteiger partial charge in [-0.25, -0.2) is 4.39 Å². The number of anilines is 1. The molecular formula is C15H20FNO. The Kier molecular flexibility index (Phi) is 3.02. The summed E-state index contributed by atoms with van der Waals surface area (Å²) in [6.07, 6.45) is 4.22. The predicted octanol–water partition coefficient (Wildman–Crippen LogP) is 3.26. The molecule has 0 aromatic heterocycles. The van der Waals surface area contributed by atoms with Gasteiger partial charge in [-0.15, -0.1) is 0 Å². The molecule has 3 rings (SSSR count). The molecule has 0 radical (unpaired) electrons. The van der Waals surface area contributed by atoms with Crippen LogP contribution in [-0.2, 0) is 0 Å². The topological polar surface area (TPSA) is 23.5 Å². The Morgan fingerprint density at radius 2 is 2.06 bits per heavy atom. The normalized spacial score (nSPS) is 20.8. The van der Waals surface area contributed by atoms with Gasteiger partial charge in [0.2, 0.25) is 0 Å². The van der Waals surface area contributed by atoms with Crippen molar-refractivity contribution in [1.82, 2.24) is 0 Å². The predicted molar refractivity (Wildman–Crippen MR) is 70.1 cm³/mol. The molecule has 0 amide bonds. The van der Waals surface area contributed by atoms with Crippen molar-refractivity contribution in [3.8, 4) is 0 Å². The number of benzene rings is 1. The summed E-state index contributed by atoms with van der Waals surface area (Å²) in [5, 5.41) is 9.84. The smallest absolute Gasteiger partial charge is 0.146 e. The van der Waals surface area contributed by atoms with Crippen molar-refractivity contribution in [2.24, 2.45) is 5.92 Å². The molecule has 2 aliphatic carbocycles. The fourth-order valence-electron chi connectivity index (χ4n) is 2.56. The van der Waals surface area contributed by atoms with E-state index in [4.69, 9.17) is 0 Å². The van der Waals surface area contributed by atoms with Gasteiger partial charge in [0.1, 0.15) is 5.82 Å². The van der Waals surface area contributed by atoms with Gasteiger partial charge in [-0.3, -0.25) is 0 Å².